The zero-order valence-electron chi connectivity index (χ0n) is 11.8. The zero-order valence-corrected chi connectivity index (χ0v) is 11.8. The second-order valence-corrected chi connectivity index (χ2v) is 4.90. The van der Waals surface area contributed by atoms with Crippen molar-refractivity contribution in [2.24, 2.45) is 0 Å². The minimum atomic E-state index is 0.603. The van der Waals surface area contributed by atoms with E-state index in [2.05, 4.69) is 15.1 Å². The van der Waals surface area contributed by atoms with Crippen molar-refractivity contribution in [1.82, 2.24) is 15.1 Å². The number of nitrogen functional groups attached to an aromatic ring is 1. The Hall–Kier alpha value is -2.69. The number of nitrogens with zero attached hydrogens (tertiary/aromatic N) is 3. The molecule has 0 aliphatic carbocycles. The standard InChI is InChI=1S/C16H16N4O/c1-11-10-18-9-8-13(11)16-19-15(21-20-16)7-6-12-4-2-3-5-14(12)17/h2-5,8-10H,6-7,17H2,1H3. The lowest BCUT2D eigenvalue weighted by Gasteiger charge is -2.02. The number of rotatable bonds is 4. The molecular formula is C16H16N4O. The van der Waals surface area contributed by atoms with Gasteiger partial charge in [0.15, 0.2) is 0 Å². The van der Waals surface area contributed by atoms with Gasteiger partial charge in [0, 0.05) is 30.1 Å². The minimum absolute atomic E-state index is 0.603. The highest BCUT2D eigenvalue weighted by Crippen LogP contribution is 2.20. The third-order valence-electron chi connectivity index (χ3n) is 3.39. The molecule has 0 aliphatic heterocycles. The van der Waals surface area contributed by atoms with E-state index >= 15 is 0 Å². The number of anilines is 1. The third-order valence-corrected chi connectivity index (χ3v) is 3.39. The average molecular weight is 280 g/mol. The van der Waals surface area contributed by atoms with Gasteiger partial charge in [0.1, 0.15) is 0 Å². The Bertz CT molecular complexity index is 751. The number of aromatic nitrogens is 3. The molecule has 3 rings (SSSR count). The van der Waals surface area contributed by atoms with Crippen molar-refractivity contribution in [2.75, 3.05) is 5.73 Å². The molecule has 2 heterocycles. The molecule has 0 spiro atoms. The molecule has 1 aromatic carbocycles. The molecule has 0 fully saturated rings. The second-order valence-electron chi connectivity index (χ2n) is 4.90. The van der Waals surface area contributed by atoms with Crippen LogP contribution in [-0.2, 0) is 12.8 Å². The fourth-order valence-electron chi connectivity index (χ4n) is 2.19. The molecule has 0 aliphatic rings. The van der Waals surface area contributed by atoms with E-state index in [1.165, 1.54) is 0 Å². The van der Waals surface area contributed by atoms with E-state index < -0.39 is 0 Å². The number of nitrogens with two attached hydrogens (primary N) is 1. The van der Waals surface area contributed by atoms with E-state index in [1.807, 2.05) is 37.3 Å². The van der Waals surface area contributed by atoms with Gasteiger partial charge in [-0.3, -0.25) is 4.98 Å². The van der Waals surface area contributed by atoms with Gasteiger partial charge in [-0.05, 0) is 36.6 Å². The van der Waals surface area contributed by atoms with Crippen molar-refractivity contribution in [2.45, 2.75) is 19.8 Å². The number of para-hydroxylation sites is 1. The Morgan fingerprint density at radius 1 is 1.14 bits per heavy atom. The van der Waals surface area contributed by atoms with Gasteiger partial charge in [-0.1, -0.05) is 23.4 Å². The SMILES string of the molecule is Cc1cnccc1-c1noc(CCc2ccccc2N)n1. The Labute approximate surface area is 122 Å². The molecule has 2 N–H and O–H groups in total. The van der Waals surface area contributed by atoms with E-state index in [-0.39, 0.29) is 0 Å². The van der Waals surface area contributed by atoms with Gasteiger partial charge < -0.3 is 10.3 Å². The fraction of sp³-hybridized carbons (Fsp3) is 0.188. The monoisotopic (exact) mass is 280 g/mol. The van der Waals surface area contributed by atoms with Crippen LogP contribution in [0.3, 0.4) is 0 Å². The molecule has 0 bridgehead atoms. The molecule has 0 saturated carbocycles. The molecule has 0 saturated heterocycles. The van der Waals surface area contributed by atoms with Crippen molar-refractivity contribution in [1.29, 1.82) is 0 Å². The normalized spacial score (nSPS) is 10.7. The zero-order chi connectivity index (χ0) is 14.7. The molecule has 2 aromatic heterocycles. The molecule has 0 radical (unpaired) electrons. The Balaban J connectivity index is 1.74. The summed E-state index contributed by atoms with van der Waals surface area (Å²) < 4.78 is 5.31. The van der Waals surface area contributed by atoms with Crippen LogP contribution in [0, 0.1) is 6.92 Å². The molecular weight excluding hydrogens is 264 g/mol. The van der Waals surface area contributed by atoms with Gasteiger partial charge in [0.25, 0.3) is 0 Å². The van der Waals surface area contributed by atoms with Crippen LogP contribution in [0.1, 0.15) is 17.0 Å². The number of aryl methyl sites for hydroxylation is 3. The molecule has 5 nitrogen and oxygen atoms in total. The predicted molar refractivity (Wildman–Crippen MR) is 80.5 cm³/mol. The predicted octanol–water partition coefficient (Wildman–Crippen LogP) is 2.81. The lowest BCUT2D eigenvalue weighted by atomic mass is 10.1. The minimum Gasteiger partial charge on any atom is -0.399 e. The van der Waals surface area contributed by atoms with Crippen molar-refractivity contribution < 1.29 is 4.52 Å². The maximum absolute atomic E-state index is 5.93. The van der Waals surface area contributed by atoms with Gasteiger partial charge in [-0.15, -0.1) is 0 Å². The van der Waals surface area contributed by atoms with Crippen LogP contribution >= 0.6 is 0 Å². The lowest BCUT2D eigenvalue weighted by Crippen LogP contribution is -1.97. The smallest absolute Gasteiger partial charge is 0.227 e. The Kier molecular flexibility index (Phi) is 3.64. The van der Waals surface area contributed by atoms with Crippen molar-refractivity contribution in [3.05, 3.63) is 59.7 Å². The number of benzene rings is 1. The van der Waals surface area contributed by atoms with Gasteiger partial charge in [0.2, 0.25) is 11.7 Å². The first-order chi connectivity index (χ1) is 10.2. The summed E-state index contributed by atoms with van der Waals surface area (Å²) in [5, 5.41) is 4.04. The summed E-state index contributed by atoms with van der Waals surface area (Å²) >= 11 is 0. The first-order valence-corrected chi connectivity index (χ1v) is 6.81. The van der Waals surface area contributed by atoms with E-state index in [9.17, 15) is 0 Å². The lowest BCUT2D eigenvalue weighted by molar-refractivity contribution is 0.379. The van der Waals surface area contributed by atoms with Gasteiger partial charge >= 0.3 is 0 Å². The first-order valence-electron chi connectivity index (χ1n) is 6.81. The van der Waals surface area contributed by atoms with Crippen LogP contribution in [0.15, 0.2) is 47.2 Å². The summed E-state index contributed by atoms with van der Waals surface area (Å²) in [5.74, 6) is 1.22. The largest absolute Gasteiger partial charge is 0.399 e. The fourth-order valence-corrected chi connectivity index (χ4v) is 2.19. The van der Waals surface area contributed by atoms with Crippen LogP contribution in [0.2, 0.25) is 0 Å². The number of hydrogen-bond donors (Lipinski definition) is 1. The van der Waals surface area contributed by atoms with Gasteiger partial charge in [0.05, 0.1) is 0 Å². The Morgan fingerprint density at radius 2 is 2.00 bits per heavy atom. The summed E-state index contributed by atoms with van der Waals surface area (Å²) in [5.41, 5.74) is 9.78. The summed E-state index contributed by atoms with van der Waals surface area (Å²) in [6.07, 6.45) is 4.97. The molecule has 21 heavy (non-hydrogen) atoms. The summed E-state index contributed by atoms with van der Waals surface area (Å²) in [6, 6.07) is 9.70. The van der Waals surface area contributed by atoms with E-state index in [1.54, 1.807) is 12.4 Å². The maximum atomic E-state index is 5.93. The summed E-state index contributed by atoms with van der Waals surface area (Å²) in [6.45, 7) is 1.98. The molecule has 0 atom stereocenters. The van der Waals surface area contributed by atoms with Gasteiger partial charge in [-0.2, -0.15) is 4.98 Å². The van der Waals surface area contributed by atoms with Crippen LogP contribution in [0.4, 0.5) is 5.69 Å². The molecule has 0 unspecified atom stereocenters. The molecule has 5 heteroatoms. The topological polar surface area (TPSA) is 77.8 Å². The average Bonchev–Trinajstić information content (AvgIpc) is 2.96. The third kappa shape index (κ3) is 2.91. The quantitative estimate of drug-likeness (QED) is 0.743. The second kappa shape index (κ2) is 5.75. The maximum Gasteiger partial charge on any atom is 0.227 e. The highest BCUT2D eigenvalue weighted by Gasteiger charge is 2.11. The molecule has 0 amide bonds. The van der Waals surface area contributed by atoms with Crippen molar-refractivity contribution in [3.8, 4) is 11.4 Å². The van der Waals surface area contributed by atoms with E-state index in [0.717, 1.165) is 28.8 Å². The molecule has 3 aromatic rings. The highest BCUT2D eigenvalue weighted by atomic mass is 16.5. The first kappa shape index (κ1) is 13.3. The summed E-state index contributed by atoms with van der Waals surface area (Å²) in [4.78, 5) is 8.50. The summed E-state index contributed by atoms with van der Waals surface area (Å²) in [7, 11) is 0. The van der Waals surface area contributed by atoms with Crippen molar-refractivity contribution in [3.63, 3.8) is 0 Å². The van der Waals surface area contributed by atoms with Crippen LogP contribution < -0.4 is 5.73 Å². The van der Waals surface area contributed by atoms with E-state index in [4.69, 9.17) is 10.3 Å². The highest BCUT2D eigenvalue weighted by molar-refractivity contribution is 5.57. The van der Waals surface area contributed by atoms with E-state index in [0.29, 0.717) is 18.1 Å². The van der Waals surface area contributed by atoms with Crippen LogP contribution in [0.5, 0.6) is 0 Å². The van der Waals surface area contributed by atoms with Crippen LogP contribution in [0.25, 0.3) is 11.4 Å². The van der Waals surface area contributed by atoms with Crippen LogP contribution in [-0.4, -0.2) is 15.1 Å². The Morgan fingerprint density at radius 3 is 2.81 bits per heavy atom. The van der Waals surface area contributed by atoms with Crippen molar-refractivity contribution >= 4 is 5.69 Å². The number of pyridine rings is 1. The molecule has 106 valence electrons. The number of hydrogen-bond acceptors (Lipinski definition) is 5. The van der Waals surface area contributed by atoms with Gasteiger partial charge in [-0.25, -0.2) is 0 Å².